The Morgan fingerprint density at radius 1 is 1.29 bits per heavy atom. The third-order valence-corrected chi connectivity index (χ3v) is 1.77. The van der Waals surface area contributed by atoms with Gasteiger partial charge in [-0.3, -0.25) is 4.79 Å². The minimum atomic E-state index is -0.0531. The van der Waals surface area contributed by atoms with E-state index < -0.39 is 0 Å². The normalized spacial score (nSPS) is 10.0. The molecule has 0 saturated heterocycles. The summed E-state index contributed by atoms with van der Waals surface area (Å²) in [6.45, 7) is 3.86. The van der Waals surface area contributed by atoms with E-state index in [2.05, 4.69) is 5.32 Å². The minimum absolute atomic E-state index is 0.0531. The van der Waals surface area contributed by atoms with Crippen LogP contribution in [0.4, 0.5) is 0 Å². The molecule has 1 rings (SSSR count). The number of carbonyl (C=O) groups excluding carboxylic acids is 1. The first-order valence-electron chi connectivity index (χ1n) is 4.58. The number of carbonyl (C=O) groups is 1. The number of hydrogen-bond donors (Lipinski definition) is 1. The Morgan fingerprint density at radius 3 is 2.29 bits per heavy atom. The maximum absolute atomic E-state index is 11.5. The number of hydrogen-bond acceptors (Lipinski definition) is 2. The average molecular weight is 193 g/mol. The highest BCUT2D eigenvalue weighted by Crippen LogP contribution is 2.11. The number of benzene rings is 1. The Bertz CT molecular complexity index is 304. The van der Waals surface area contributed by atoms with Crippen molar-refractivity contribution < 1.29 is 9.53 Å². The zero-order valence-electron chi connectivity index (χ0n) is 8.70. The van der Waals surface area contributed by atoms with Crippen LogP contribution in [0.2, 0.25) is 0 Å². The van der Waals surface area contributed by atoms with E-state index in [1.54, 1.807) is 31.4 Å². The first-order chi connectivity index (χ1) is 6.63. The minimum Gasteiger partial charge on any atom is -0.497 e. The molecule has 3 nitrogen and oxygen atoms in total. The fourth-order valence-corrected chi connectivity index (χ4v) is 1.09. The van der Waals surface area contributed by atoms with Gasteiger partial charge in [0.1, 0.15) is 5.75 Å². The van der Waals surface area contributed by atoms with Gasteiger partial charge in [-0.1, -0.05) is 0 Å². The first-order valence-corrected chi connectivity index (χ1v) is 4.58. The van der Waals surface area contributed by atoms with Gasteiger partial charge in [0.25, 0.3) is 5.91 Å². The number of amides is 1. The standard InChI is InChI=1S/C11H15NO2/c1-8(2)12-11(13)9-4-6-10(14-3)7-5-9/h4-8H,1-3H3,(H,12,13). The summed E-state index contributed by atoms with van der Waals surface area (Å²) < 4.78 is 5.00. The quantitative estimate of drug-likeness (QED) is 0.795. The Hall–Kier alpha value is -1.51. The second kappa shape index (κ2) is 4.65. The van der Waals surface area contributed by atoms with Crippen molar-refractivity contribution in [2.45, 2.75) is 19.9 Å². The van der Waals surface area contributed by atoms with E-state index >= 15 is 0 Å². The molecule has 0 bridgehead atoms. The summed E-state index contributed by atoms with van der Waals surface area (Å²) in [7, 11) is 1.60. The zero-order chi connectivity index (χ0) is 10.6. The maximum atomic E-state index is 11.5. The second-order valence-electron chi connectivity index (χ2n) is 3.36. The summed E-state index contributed by atoms with van der Waals surface area (Å²) in [4.78, 5) is 11.5. The third kappa shape index (κ3) is 2.76. The SMILES string of the molecule is COc1ccc(C(=O)NC(C)C)cc1. The van der Waals surface area contributed by atoms with Crippen LogP contribution >= 0.6 is 0 Å². The van der Waals surface area contributed by atoms with Crippen molar-refractivity contribution in [1.29, 1.82) is 0 Å². The van der Waals surface area contributed by atoms with Crippen LogP contribution in [0.3, 0.4) is 0 Å². The van der Waals surface area contributed by atoms with E-state index in [0.717, 1.165) is 5.75 Å². The van der Waals surface area contributed by atoms with E-state index in [1.165, 1.54) is 0 Å². The van der Waals surface area contributed by atoms with Gasteiger partial charge >= 0.3 is 0 Å². The molecule has 0 fully saturated rings. The smallest absolute Gasteiger partial charge is 0.251 e. The average Bonchev–Trinajstić information content (AvgIpc) is 2.17. The highest BCUT2D eigenvalue weighted by molar-refractivity contribution is 5.94. The monoisotopic (exact) mass is 193 g/mol. The molecular formula is C11H15NO2. The molecule has 0 atom stereocenters. The lowest BCUT2D eigenvalue weighted by atomic mass is 10.2. The molecule has 0 radical (unpaired) electrons. The molecule has 14 heavy (non-hydrogen) atoms. The molecule has 0 heterocycles. The lowest BCUT2D eigenvalue weighted by Crippen LogP contribution is -2.29. The number of ether oxygens (including phenoxy) is 1. The number of methoxy groups -OCH3 is 1. The van der Waals surface area contributed by atoms with Crippen LogP contribution in [0.25, 0.3) is 0 Å². The largest absolute Gasteiger partial charge is 0.497 e. The Kier molecular flexibility index (Phi) is 3.51. The van der Waals surface area contributed by atoms with Crippen molar-refractivity contribution in [3.8, 4) is 5.75 Å². The summed E-state index contributed by atoms with van der Waals surface area (Å²) in [6, 6.07) is 7.20. The van der Waals surface area contributed by atoms with Gasteiger partial charge < -0.3 is 10.1 Å². The molecule has 0 aliphatic rings. The van der Waals surface area contributed by atoms with Crippen molar-refractivity contribution in [3.63, 3.8) is 0 Å². The highest BCUT2D eigenvalue weighted by Gasteiger charge is 2.05. The van der Waals surface area contributed by atoms with Gasteiger partial charge in [-0.2, -0.15) is 0 Å². The Balaban J connectivity index is 2.71. The zero-order valence-corrected chi connectivity index (χ0v) is 8.70. The first kappa shape index (κ1) is 10.6. The van der Waals surface area contributed by atoms with Gasteiger partial charge in [0.05, 0.1) is 7.11 Å². The lowest BCUT2D eigenvalue weighted by Gasteiger charge is -2.08. The molecule has 0 spiro atoms. The predicted octanol–water partition coefficient (Wildman–Crippen LogP) is 1.83. The molecular weight excluding hydrogens is 178 g/mol. The van der Waals surface area contributed by atoms with Crippen LogP contribution in [0.5, 0.6) is 5.75 Å². The lowest BCUT2D eigenvalue weighted by molar-refractivity contribution is 0.0943. The Morgan fingerprint density at radius 2 is 1.86 bits per heavy atom. The molecule has 3 heteroatoms. The molecule has 1 N–H and O–H groups in total. The molecule has 1 aromatic carbocycles. The fraction of sp³-hybridized carbons (Fsp3) is 0.364. The van der Waals surface area contributed by atoms with Gasteiger partial charge in [-0.05, 0) is 38.1 Å². The molecule has 0 unspecified atom stereocenters. The number of nitrogens with one attached hydrogen (secondary N) is 1. The molecule has 1 aromatic rings. The van der Waals surface area contributed by atoms with E-state index in [4.69, 9.17) is 4.74 Å². The summed E-state index contributed by atoms with van der Waals surface area (Å²) >= 11 is 0. The van der Waals surface area contributed by atoms with Gasteiger partial charge in [0.2, 0.25) is 0 Å². The van der Waals surface area contributed by atoms with Crippen LogP contribution in [-0.2, 0) is 0 Å². The van der Waals surface area contributed by atoms with Crippen LogP contribution in [0, 0.1) is 0 Å². The van der Waals surface area contributed by atoms with E-state index in [1.807, 2.05) is 13.8 Å². The van der Waals surface area contributed by atoms with Crippen LogP contribution in [-0.4, -0.2) is 19.1 Å². The number of rotatable bonds is 3. The summed E-state index contributed by atoms with van der Waals surface area (Å²) in [5.74, 6) is 0.703. The van der Waals surface area contributed by atoms with Gasteiger partial charge in [0, 0.05) is 11.6 Å². The van der Waals surface area contributed by atoms with E-state index in [9.17, 15) is 4.79 Å². The molecule has 0 saturated carbocycles. The van der Waals surface area contributed by atoms with Gasteiger partial charge in [-0.15, -0.1) is 0 Å². The summed E-state index contributed by atoms with van der Waals surface area (Å²) in [5.41, 5.74) is 0.652. The van der Waals surface area contributed by atoms with Crippen molar-refractivity contribution in [2.75, 3.05) is 7.11 Å². The van der Waals surface area contributed by atoms with Crippen molar-refractivity contribution in [1.82, 2.24) is 5.32 Å². The predicted molar refractivity (Wildman–Crippen MR) is 55.6 cm³/mol. The van der Waals surface area contributed by atoms with E-state index in [-0.39, 0.29) is 11.9 Å². The molecule has 0 aliphatic heterocycles. The highest BCUT2D eigenvalue weighted by atomic mass is 16.5. The van der Waals surface area contributed by atoms with Crippen molar-refractivity contribution in [2.24, 2.45) is 0 Å². The molecule has 0 aliphatic carbocycles. The molecule has 76 valence electrons. The van der Waals surface area contributed by atoms with Crippen LogP contribution in [0.15, 0.2) is 24.3 Å². The van der Waals surface area contributed by atoms with Gasteiger partial charge in [0.15, 0.2) is 0 Å². The third-order valence-electron chi connectivity index (χ3n) is 1.77. The summed E-state index contributed by atoms with van der Waals surface area (Å²) in [5, 5.41) is 2.82. The Labute approximate surface area is 84.1 Å². The summed E-state index contributed by atoms with van der Waals surface area (Å²) in [6.07, 6.45) is 0. The second-order valence-corrected chi connectivity index (χ2v) is 3.36. The molecule has 0 aromatic heterocycles. The topological polar surface area (TPSA) is 38.3 Å². The fourth-order valence-electron chi connectivity index (χ4n) is 1.09. The maximum Gasteiger partial charge on any atom is 0.251 e. The van der Waals surface area contributed by atoms with E-state index in [0.29, 0.717) is 5.56 Å². The van der Waals surface area contributed by atoms with Crippen molar-refractivity contribution in [3.05, 3.63) is 29.8 Å². The van der Waals surface area contributed by atoms with Crippen molar-refractivity contribution >= 4 is 5.91 Å². The van der Waals surface area contributed by atoms with Crippen LogP contribution in [0.1, 0.15) is 24.2 Å². The van der Waals surface area contributed by atoms with Crippen LogP contribution < -0.4 is 10.1 Å². The van der Waals surface area contributed by atoms with Gasteiger partial charge in [-0.25, -0.2) is 0 Å². The molecule has 1 amide bonds.